The van der Waals surface area contributed by atoms with E-state index in [1.165, 1.54) is 13.2 Å². The zero-order valence-corrected chi connectivity index (χ0v) is 12.8. The molecule has 0 aliphatic rings. The first-order chi connectivity index (χ1) is 9.63. The molecule has 0 fully saturated rings. The Morgan fingerprint density at radius 2 is 1.52 bits per heavy atom. The average molecular weight is 297 g/mol. The summed E-state index contributed by atoms with van der Waals surface area (Å²) in [6.45, 7) is 16.7. The van der Waals surface area contributed by atoms with Gasteiger partial charge in [-0.05, 0) is 13.8 Å². The van der Waals surface area contributed by atoms with Crippen LogP contribution in [0.3, 0.4) is 0 Å². The Balaban J connectivity index is -0.000000240. The van der Waals surface area contributed by atoms with Crippen molar-refractivity contribution >= 4 is 17.8 Å². The molecule has 0 spiro atoms. The van der Waals surface area contributed by atoms with Gasteiger partial charge in [0.1, 0.15) is 6.61 Å². The number of carbonyl (C=O) groups excluding carboxylic acids is 3. The monoisotopic (exact) mass is 297 g/mol. The minimum absolute atomic E-state index is 0.256. The van der Waals surface area contributed by atoms with E-state index in [0.717, 1.165) is 6.08 Å². The normalized spacial score (nSPS) is 7.57. The molecule has 0 bridgehead atoms. The summed E-state index contributed by atoms with van der Waals surface area (Å²) in [5.74, 6) is -1.19. The highest BCUT2D eigenvalue weighted by atomic mass is 16.5. The van der Waals surface area contributed by atoms with Gasteiger partial charge in [0.15, 0.2) is 0 Å². The van der Waals surface area contributed by atoms with Crippen LogP contribution in [0.4, 0.5) is 0 Å². The van der Waals surface area contributed by atoms with Gasteiger partial charge in [-0.1, -0.05) is 32.4 Å². The van der Waals surface area contributed by atoms with Gasteiger partial charge in [0.05, 0.1) is 7.11 Å². The molecule has 0 aromatic carbocycles. The molecule has 21 heavy (non-hydrogen) atoms. The maximum atomic E-state index is 10.5. The molecule has 0 saturated heterocycles. The smallest absolute Gasteiger partial charge is 0.333 e. The fourth-order valence-corrected chi connectivity index (χ4v) is 0.341. The summed E-state index contributed by atoms with van der Waals surface area (Å²) in [6, 6.07) is 0. The van der Waals surface area contributed by atoms with E-state index in [4.69, 9.17) is 5.73 Å². The number of carbonyl (C=O) groups is 3. The molecule has 6 heteroatoms. The molecule has 0 aromatic heterocycles. The maximum Gasteiger partial charge on any atom is 0.333 e. The van der Waals surface area contributed by atoms with E-state index in [2.05, 4.69) is 35.8 Å². The second kappa shape index (κ2) is 15.4. The average Bonchev–Trinajstić information content (AvgIpc) is 2.44. The van der Waals surface area contributed by atoms with Gasteiger partial charge < -0.3 is 15.2 Å². The molecule has 118 valence electrons. The minimum Gasteiger partial charge on any atom is -0.466 e. The number of primary amides is 1. The molecule has 0 atom stereocenters. The van der Waals surface area contributed by atoms with Gasteiger partial charge in [-0.25, -0.2) is 9.59 Å². The largest absolute Gasteiger partial charge is 0.466 e. The van der Waals surface area contributed by atoms with Crippen molar-refractivity contribution in [3.8, 4) is 0 Å². The van der Waals surface area contributed by atoms with Crippen molar-refractivity contribution in [2.24, 2.45) is 5.73 Å². The number of amides is 1. The van der Waals surface area contributed by atoms with E-state index in [9.17, 15) is 14.4 Å². The second-order valence-electron chi connectivity index (χ2n) is 3.54. The fourth-order valence-electron chi connectivity index (χ4n) is 0.341. The molecule has 0 aliphatic carbocycles. The van der Waals surface area contributed by atoms with Crippen molar-refractivity contribution in [2.75, 3.05) is 13.7 Å². The van der Waals surface area contributed by atoms with Gasteiger partial charge in [0.25, 0.3) is 0 Å². The Hall–Kier alpha value is -2.63. The molecular formula is C15H23NO5. The Morgan fingerprint density at radius 3 is 1.67 bits per heavy atom. The van der Waals surface area contributed by atoms with E-state index in [-0.39, 0.29) is 12.6 Å². The van der Waals surface area contributed by atoms with Crippen LogP contribution in [0.2, 0.25) is 0 Å². The Kier molecular flexibility index (Phi) is 17.2. The van der Waals surface area contributed by atoms with Gasteiger partial charge in [-0.2, -0.15) is 0 Å². The molecule has 0 rings (SSSR count). The van der Waals surface area contributed by atoms with Crippen LogP contribution in [0.1, 0.15) is 13.8 Å². The van der Waals surface area contributed by atoms with Crippen molar-refractivity contribution in [2.45, 2.75) is 13.8 Å². The summed E-state index contributed by atoms with van der Waals surface area (Å²) in [6.07, 6.45) is 2.63. The number of ether oxygens (including phenoxy) is 2. The number of hydrogen-bond donors (Lipinski definition) is 1. The van der Waals surface area contributed by atoms with E-state index < -0.39 is 11.9 Å². The number of hydrogen-bond acceptors (Lipinski definition) is 5. The second-order valence-corrected chi connectivity index (χ2v) is 3.54. The molecule has 1 amide bonds. The third kappa shape index (κ3) is 23.0. The zero-order valence-electron chi connectivity index (χ0n) is 12.8. The molecule has 2 N–H and O–H groups in total. The van der Waals surface area contributed by atoms with Crippen molar-refractivity contribution in [1.29, 1.82) is 0 Å². The molecular weight excluding hydrogens is 274 g/mol. The third-order valence-electron chi connectivity index (χ3n) is 1.47. The summed E-state index contributed by atoms with van der Waals surface area (Å²) < 4.78 is 8.74. The predicted molar refractivity (Wildman–Crippen MR) is 82.2 cm³/mol. The molecule has 0 radical (unpaired) electrons. The van der Waals surface area contributed by atoms with Crippen molar-refractivity contribution in [3.63, 3.8) is 0 Å². The Labute approximate surface area is 125 Å². The van der Waals surface area contributed by atoms with Crippen LogP contribution in [0.5, 0.6) is 0 Å². The summed E-state index contributed by atoms with van der Waals surface area (Å²) in [5, 5.41) is 0. The first-order valence-corrected chi connectivity index (χ1v) is 5.73. The SMILES string of the molecule is C=C(C)C(N)=O.C=CC(=O)OC.C=CCOC(=O)C(=C)C. The number of esters is 2. The lowest BCUT2D eigenvalue weighted by molar-refractivity contribution is -0.137. The van der Waals surface area contributed by atoms with Crippen LogP contribution < -0.4 is 5.73 Å². The van der Waals surface area contributed by atoms with Crippen molar-refractivity contribution in [3.05, 3.63) is 49.6 Å². The van der Waals surface area contributed by atoms with E-state index in [1.807, 2.05) is 0 Å². The first kappa shape index (κ1) is 23.5. The highest BCUT2D eigenvalue weighted by molar-refractivity contribution is 5.90. The zero-order chi connectivity index (χ0) is 17.4. The highest BCUT2D eigenvalue weighted by Crippen LogP contribution is 1.90. The van der Waals surface area contributed by atoms with Crippen LogP contribution >= 0.6 is 0 Å². The van der Waals surface area contributed by atoms with Crippen LogP contribution in [0.25, 0.3) is 0 Å². The van der Waals surface area contributed by atoms with Gasteiger partial charge in [0.2, 0.25) is 5.91 Å². The summed E-state index contributed by atoms with van der Waals surface area (Å²) in [7, 11) is 1.31. The first-order valence-electron chi connectivity index (χ1n) is 5.73. The van der Waals surface area contributed by atoms with Crippen LogP contribution in [-0.4, -0.2) is 31.6 Å². The molecule has 0 heterocycles. The van der Waals surface area contributed by atoms with Gasteiger partial charge in [-0.15, -0.1) is 0 Å². The van der Waals surface area contributed by atoms with Gasteiger partial charge >= 0.3 is 11.9 Å². The van der Waals surface area contributed by atoms with E-state index >= 15 is 0 Å². The van der Waals surface area contributed by atoms with Crippen molar-refractivity contribution < 1.29 is 23.9 Å². The molecule has 0 aliphatic heterocycles. The lowest BCUT2D eigenvalue weighted by Gasteiger charge is -1.97. The number of methoxy groups -OCH3 is 1. The molecule has 0 aromatic rings. The van der Waals surface area contributed by atoms with E-state index in [1.54, 1.807) is 13.8 Å². The minimum atomic E-state index is -0.435. The van der Waals surface area contributed by atoms with Crippen LogP contribution in [-0.2, 0) is 23.9 Å². The Morgan fingerprint density at radius 1 is 1.10 bits per heavy atom. The summed E-state index contributed by atoms with van der Waals surface area (Å²) >= 11 is 0. The predicted octanol–water partition coefficient (Wildman–Crippen LogP) is 1.68. The maximum absolute atomic E-state index is 10.5. The quantitative estimate of drug-likeness (QED) is 0.473. The van der Waals surface area contributed by atoms with Crippen molar-refractivity contribution in [1.82, 2.24) is 0 Å². The standard InChI is InChI=1S/C7H10O2.C4H7NO.C4H6O2/c1-4-5-9-7(8)6(2)3;1-3(2)4(5)6;1-3-4(5)6-2/h4H,1-2,5H2,3H3;1H2,2H3,(H2,5,6);3H,1H2,2H3. The highest BCUT2D eigenvalue weighted by Gasteiger charge is 1.98. The van der Waals surface area contributed by atoms with Crippen LogP contribution in [0, 0.1) is 0 Å². The third-order valence-corrected chi connectivity index (χ3v) is 1.47. The molecule has 0 saturated carbocycles. The van der Waals surface area contributed by atoms with Gasteiger partial charge in [0, 0.05) is 17.2 Å². The Bertz CT molecular complexity index is 396. The molecule has 0 unspecified atom stereocenters. The topological polar surface area (TPSA) is 95.7 Å². The van der Waals surface area contributed by atoms with E-state index in [0.29, 0.717) is 11.1 Å². The fraction of sp³-hybridized carbons (Fsp3) is 0.267. The number of nitrogens with two attached hydrogens (primary N) is 1. The van der Waals surface area contributed by atoms with Gasteiger partial charge in [-0.3, -0.25) is 4.79 Å². The number of rotatable bonds is 5. The lowest BCUT2D eigenvalue weighted by Crippen LogP contribution is -2.10. The summed E-state index contributed by atoms with van der Waals surface area (Å²) in [5.41, 5.74) is 5.51. The molecule has 6 nitrogen and oxygen atoms in total. The summed E-state index contributed by atoms with van der Waals surface area (Å²) in [4.78, 5) is 30.2. The van der Waals surface area contributed by atoms with Crippen LogP contribution in [0.15, 0.2) is 49.6 Å². The lowest BCUT2D eigenvalue weighted by atomic mass is 10.3.